The van der Waals surface area contributed by atoms with Crippen LogP contribution in [0.1, 0.15) is 51.1 Å². The first-order chi connectivity index (χ1) is 10.1. The molecule has 4 heteroatoms. The molecule has 2 rings (SSSR count). The van der Waals surface area contributed by atoms with E-state index in [0.717, 1.165) is 31.6 Å². The molecular weight excluding hydrogens is 264 g/mol. The van der Waals surface area contributed by atoms with Gasteiger partial charge in [0.15, 0.2) is 0 Å². The molecule has 0 aliphatic carbocycles. The minimum Gasteiger partial charge on any atom is -0.508 e. The first-order valence-electron chi connectivity index (χ1n) is 8.11. The van der Waals surface area contributed by atoms with Gasteiger partial charge in [-0.2, -0.15) is 0 Å². The van der Waals surface area contributed by atoms with Gasteiger partial charge in [-0.05, 0) is 45.3 Å². The van der Waals surface area contributed by atoms with Gasteiger partial charge in [0, 0.05) is 30.3 Å². The number of phenolic OH excluding ortho intramolecular Hbond substituents is 2. The zero-order valence-electron chi connectivity index (χ0n) is 13.2. The van der Waals surface area contributed by atoms with Gasteiger partial charge in [0.2, 0.25) is 0 Å². The Hall–Kier alpha value is -1.26. The molecule has 0 saturated carbocycles. The molecule has 1 aromatic carbocycles. The van der Waals surface area contributed by atoms with Crippen molar-refractivity contribution in [1.82, 2.24) is 10.2 Å². The van der Waals surface area contributed by atoms with Crippen LogP contribution in [-0.4, -0.2) is 40.8 Å². The Kier molecular flexibility index (Phi) is 5.88. The summed E-state index contributed by atoms with van der Waals surface area (Å²) in [6, 6.07) is 5.62. The van der Waals surface area contributed by atoms with E-state index in [9.17, 15) is 10.2 Å². The summed E-state index contributed by atoms with van der Waals surface area (Å²) >= 11 is 0. The highest BCUT2D eigenvalue weighted by Crippen LogP contribution is 2.31. The van der Waals surface area contributed by atoms with E-state index >= 15 is 0 Å². The topological polar surface area (TPSA) is 55.7 Å². The quantitative estimate of drug-likeness (QED) is 0.723. The molecule has 0 radical (unpaired) electrons. The predicted molar refractivity (Wildman–Crippen MR) is 85.7 cm³/mol. The molecule has 2 unspecified atom stereocenters. The van der Waals surface area contributed by atoms with Crippen LogP contribution >= 0.6 is 0 Å². The van der Waals surface area contributed by atoms with Crippen LogP contribution in [0.4, 0.5) is 0 Å². The van der Waals surface area contributed by atoms with Crippen molar-refractivity contribution in [2.24, 2.45) is 0 Å². The summed E-state index contributed by atoms with van der Waals surface area (Å²) in [7, 11) is 0. The second-order valence-electron chi connectivity index (χ2n) is 6.06. The monoisotopic (exact) mass is 292 g/mol. The number of hydrogen-bond acceptors (Lipinski definition) is 4. The molecule has 118 valence electrons. The summed E-state index contributed by atoms with van der Waals surface area (Å²) in [6.07, 6.45) is 4.82. The van der Waals surface area contributed by atoms with Crippen molar-refractivity contribution in [3.63, 3.8) is 0 Å². The lowest BCUT2D eigenvalue weighted by Gasteiger charge is -2.32. The number of aromatic hydroxyl groups is 2. The summed E-state index contributed by atoms with van der Waals surface area (Å²) in [6.45, 7) is 7.51. The normalized spacial score (nSPS) is 20.0. The number of nitrogens with one attached hydrogen (secondary N) is 1. The number of hydrogen-bond donors (Lipinski definition) is 3. The smallest absolute Gasteiger partial charge is 0.124 e. The van der Waals surface area contributed by atoms with E-state index in [1.165, 1.54) is 25.3 Å². The summed E-state index contributed by atoms with van der Waals surface area (Å²) in [4.78, 5) is 2.44. The van der Waals surface area contributed by atoms with E-state index in [2.05, 4.69) is 24.1 Å². The fourth-order valence-corrected chi connectivity index (χ4v) is 3.08. The Morgan fingerprint density at radius 2 is 2.19 bits per heavy atom. The second kappa shape index (κ2) is 7.66. The van der Waals surface area contributed by atoms with E-state index in [1.807, 2.05) is 6.07 Å². The molecule has 1 heterocycles. The van der Waals surface area contributed by atoms with E-state index < -0.39 is 0 Å². The van der Waals surface area contributed by atoms with Crippen molar-refractivity contribution in [3.8, 4) is 11.5 Å². The molecule has 0 amide bonds. The lowest BCUT2D eigenvalue weighted by Crippen LogP contribution is -2.39. The number of benzene rings is 1. The Balaban J connectivity index is 2.09. The molecule has 1 aliphatic heterocycles. The van der Waals surface area contributed by atoms with Crippen LogP contribution < -0.4 is 5.32 Å². The van der Waals surface area contributed by atoms with Gasteiger partial charge in [-0.3, -0.25) is 4.90 Å². The highest BCUT2D eigenvalue weighted by Gasteiger charge is 2.23. The Labute approximate surface area is 127 Å². The van der Waals surface area contributed by atoms with Gasteiger partial charge in [-0.15, -0.1) is 0 Å². The van der Waals surface area contributed by atoms with Crippen molar-refractivity contribution in [2.45, 2.75) is 51.6 Å². The number of unbranched alkanes of at least 4 members (excludes halogenated alkanes) is 1. The highest BCUT2D eigenvalue weighted by atomic mass is 16.3. The standard InChI is InChI=1S/C17H28N2O2/c1-3-4-10-19(12-14-6-5-9-18-14)13(2)16-8-7-15(20)11-17(16)21/h7-8,11,13-14,18,20-21H,3-6,9-10,12H2,1-2H3. The zero-order valence-corrected chi connectivity index (χ0v) is 13.2. The molecule has 3 N–H and O–H groups in total. The molecule has 1 saturated heterocycles. The van der Waals surface area contributed by atoms with Gasteiger partial charge >= 0.3 is 0 Å². The van der Waals surface area contributed by atoms with Crippen LogP contribution in [-0.2, 0) is 0 Å². The van der Waals surface area contributed by atoms with Crippen molar-refractivity contribution >= 4 is 0 Å². The third-order valence-electron chi connectivity index (χ3n) is 4.43. The first-order valence-corrected chi connectivity index (χ1v) is 8.11. The second-order valence-corrected chi connectivity index (χ2v) is 6.06. The molecule has 2 atom stereocenters. The summed E-state index contributed by atoms with van der Waals surface area (Å²) < 4.78 is 0. The minimum atomic E-state index is 0.112. The van der Waals surface area contributed by atoms with Gasteiger partial charge in [-0.1, -0.05) is 19.4 Å². The summed E-state index contributed by atoms with van der Waals surface area (Å²) in [5.41, 5.74) is 0.891. The minimum absolute atomic E-state index is 0.112. The molecule has 0 spiro atoms. The number of rotatable bonds is 7. The van der Waals surface area contributed by atoms with Crippen LogP contribution in [0, 0.1) is 0 Å². The summed E-state index contributed by atoms with van der Waals surface area (Å²) in [5.74, 6) is 0.296. The molecule has 4 nitrogen and oxygen atoms in total. The number of nitrogens with zero attached hydrogens (tertiary/aromatic N) is 1. The highest BCUT2D eigenvalue weighted by molar-refractivity contribution is 5.40. The van der Waals surface area contributed by atoms with Crippen molar-refractivity contribution in [3.05, 3.63) is 23.8 Å². The van der Waals surface area contributed by atoms with Crippen LogP contribution in [0.25, 0.3) is 0 Å². The van der Waals surface area contributed by atoms with E-state index in [0.29, 0.717) is 6.04 Å². The van der Waals surface area contributed by atoms with Gasteiger partial charge < -0.3 is 15.5 Å². The largest absolute Gasteiger partial charge is 0.508 e. The third kappa shape index (κ3) is 4.35. The van der Waals surface area contributed by atoms with Crippen LogP contribution in [0.5, 0.6) is 11.5 Å². The van der Waals surface area contributed by atoms with Crippen LogP contribution in [0.15, 0.2) is 18.2 Å². The molecule has 1 aliphatic rings. The maximum absolute atomic E-state index is 10.1. The maximum Gasteiger partial charge on any atom is 0.124 e. The lowest BCUT2D eigenvalue weighted by molar-refractivity contribution is 0.186. The molecule has 0 aromatic heterocycles. The van der Waals surface area contributed by atoms with Gasteiger partial charge in [0.1, 0.15) is 11.5 Å². The molecule has 1 fully saturated rings. The average molecular weight is 292 g/mol. The van der Waals surface area contributed by atoms with Crippen molar-refractivity contribution in [2.75, 3.05) is 19.6 Å². The third-order valence-corrected chi connectivity index (χ3v) is 4.43. The lowest BCUT2D eigenvalue weighted by atomic mass is 10.0. The zero-order chi connectivity index (χ0) is 15.2. The first kappa shape index (κ1) is 16.1. The molecule has 21 heavy (non-hydrogen) atoms. The predicted octanol–water partition coefficient (Wildman–Crippen LogP) is 3.01. The van der Waals surface area contributed by atoms with Crippen molar-refractivity contribution < 1.29 is 10.2 Å². The van der Waals surface area contributed by atoms with Crippen molar-refractivity contribution in [1.29, 1.82) is 0 Å². The average Bonchev–Trinajstić information content (AvgIpc) is 2.95. The molecule has 1 aromatic rings. The van der Waals surface area contributed by atoms with Crippen LogP contribution in [0.3, 0.4) is 0 Å². The van der Waals surface area contributed by atoms with Crippen LogP contribution in [0.2, 0.25) is 0 Å². The maximum atomic E-state index is 10.1. The van der Waals surface area contributed by atoms with Gasteiger partial charge in [0.05, 0.1) is 0 Å². The van der Waals surface area contributed by atoms with E-state index in [-0.39, 0.29) is 17.5 Å². The van der Waals surface area contributed by atoms with E-state index in [1.54, 1.807) is 6.07 Å². The Morgan fingerprint density at radius 1 is 1.38 bits per heavy atom. The van der Waals surface area contributed by atoms with Gasteiger partial charge in [0.25, 0.3) is 0 Å². The Bertz CT molecular complexity index is 444. The fourth-order valence-electron chi connectivity index (χ4n) is 3.08. The number of phenols is 2. The van der Waals surface area contributed by atoms with E-state index in [4.69, 9.17) is 0 Å². The SMILES string of the molecule is CCCCN(CC1CCCN1)C(C)c1ccc(O)cc1O. The molecular formula is C17H28N2O2. The Morgan fingerprint density at radius 3 is 2.81 bits per heavy atom. The summed E-state index contributed by atoms with van der Waals surface area (Å²) in [5, 5.41) is 23.1. The molecule has 0 bridgehead atoms. The van der Waals surface area contributed by atoms with Gasteiger partial charge in [-0.25, -0.2) is 0 Å². The fraction of sp³-hybridized carbons (Fsp3) is 0.647.